The van der Waals surface area contributed by atoms with Crippen LogP contribution in [-0.2, 0) is 6.54 Å². The van der Waals surface area contributed by atoms with Crippen LogP contribution in [0.3, 0.4) is 0 Å². The number of rotatable bonds is 5. The summed E-state index contributed by atoms with van der Waals surface area (Å²) in [4.78, 5) is 20.6. The normalized spacial score (nSPS) is 12.3. The van der Waals surface area contributed by atoms with Gasteiger partial charge in [-0.05, 0) is 33.9 Å². The van der Waals surface area contributed by atoms with Gasteiger partial charge in [-0.1, -0.05) is 66.7 Å². The predicted octanol–water partition coefficient (Wildman–Crippen LogP) is 3.95. The number of hydrogen-bond donors (Lipinski definition) is 3. The van der Waals surface area contributed by atoms with E-state index in [-0.39, 0.29) is 23.5 Å². The van der Waals surface area contributed by atoms with E-state index in [4.69, 9.17) is 5.73 Å². The van der Waals surface area contributed by atoms with Crippen LogP contribution in [0, 0.1) is 0 Å². The first-order valence-corrected chi connectivity index (χ1v) is 10.5. The molecule has 4 N–H and O–H groups in total. The summed E-state index contributed by atoms with van der Waals surface area (Å²) in [5.41, 5.74) is 13.7. The molecule has 0 radical (unpaired) electrons. The monoisotopic (exact) mass is 421 g/mol. The molecule has 0 aliphatic heterocycles. The maximum atomic E-state index is 12.0. The minimum atomic E-state index is -0.353. The van der Waals surface area contributed by atoms with Crippen LogP contribution in [-0.4, -0.2) is 22.9 Å². The first kappa shape index (κ1) is 19.9. The van der Waals surface area contributed by atoms with Gasteiger partial charge in [-0.15, -0.1) is 0 Å². The van der Waals surface area contributed by atoms with Gasteiger partial charge in [-0.2, -0.15) is 0 Å². The third-order valence-corrected chi connectivity index (χ3v) is 5.81. The van der Waals surface area contributed by atoms with Crippen LogP contribution in [0.1, 0.15) is 33.2 Å². The van der Waals surface area contributed by atoms with Gasteiger partial charge >= 0.3 is 0 Å². The van der Waals surface area contributed by atoms with Crippen LogP contribution < -0.4 is 16.4 Å². The standard InChI is InChI=1S/C26H23N5O/c1-28-26(32)24-25(27)30-15-22(31-24)17-8-6-7-16(13-17)14-29-23-20-11-4-2-9-18(20)19-10-3-5-12-21(19)23/h2-13,15,23,29H,14H2,1H3,(H2,27,30)(H,28,32). The molecule has 32 heavy (non-hydrogen) atoms. The number of fused-ring (bicyclic) bond motifs is 3. The molecule has 1 aliphatic carbocycles. The number of nitrogens with two attached hydrogens (primary N) is 1. The van der Waals surface area contributed by atoms with Crippen molar-refractivity contribution >= 4 is 11.7 Å². The summed E-state index contributed by atoms with van der Waals surface area (Å²) in [5.74, 6) is -0.238. The molecule has 6 heteroatoms. The van der Waals surface area contributed by atoms with Crippen LogP contribution >= 0.6 is 0 Å². The molecule has 1 aromatic heterocycles. The Labute approximate surface area is 186 Å². The third-order valence-electron chi connectivity index (χ3n) is 5.81. The van der Waals surface area contributed by atoms with Gasteiger partial charge in [0.15, 0.2) is 11.5 Å². The van der Waals surface area contributed by atoms with Gasteiger partial charge in [0, 0.05) is 19.2 Å². The van der Waals surface area contributed by atoms with Crippen molar-refractivity contribution < 1.29 is 4.79 Å². The molecule has 0 spiro atoms. The lowest BCUT2D eigenvalue weighted by Gasteiger charge is -2.16. The van der Waals surface area contributed by atoms with E-state index < -0.39 is 0 Å². The molecule has 1 amide bonds. The SMILES string of the molecule is CNC(=O)c1nc(-c2cccc(CNC3c4ccccc4-c4ccccc43)c2)cnc1N. The molecule has 158 valence electrons. The van der Waals surface area contributed by atoms with Crippen LogP contribution in [0.2, 0.25) is 0 Å². The number of aromatic nitrogens is 2. The highest BCUT2D eigenvalue weighted by molar-refractivity contribution is 5.96. The summed E-state index contributed by atoms with van der Waals surface area (Å²) in [6.07, 6.45) is 1.60. The number of benzene rings is 3. The summed E-state index contributed by atoms with van der Waals surface area (Å²) in [6, 6.07) is 25.3. The smallest absolute Gasteiger partial charge is 0.273 e. The Kier molecular flexibility index (Phi) is 5.13. The molecule has 1 heterocycles. The second kappa shape index (κ2) is 8.24. The summed E-state index contributed by atoms with van der Waals surface area (Å²) in [6.45, 7) is 0.686. The van der Waals surface area contributed by atoms with Crippen molar-refractivity contribution in [1.29, 1.82) is 0 Å². The summed E-state index contributed by atoms with van der Waals surface area (Å²) in [7, 11) is 1.54. The second-order valence-electron chi connectivity index (χ2n) is 7.76. The molecule has 1 aliphatic rings. The lowest BCUT2D eigenvalue weighted by Crippen LogP contribution is -2.21. The average Bonchev–Trinajstić information content (AvgIpc) is 3.16. The Bertz CT molecular complexity index is 1270. The van der Waals surface area contributed by atoms with E-state index >= 15 is 0 Å². The van der Waals surface area contributed by atoms with Gasteiger partial charge in [-0.25, -0.2) is 9.97 Å². The molecule has 3 aromatic carbocycles. The molecular formula is C26H23N5O. The fourth-order valence-corrected chi connectivity index (χ4v) is 4.26. The topological polar surface area (TPSA) is 92.9 Å². The predicted molar refractivity (Wildman–Crippen MR) is 126 cm³/mol. The van der Waals surface area contributed by atoms with Gasteiger partial charge in [0.25, 0.3) is 5.91 Å². The van der Waals surface area contributed by atoms with Gasteiger partial charge in [0.05, 0.1) is 17.9 Å². The molecular weight excluding hydrogens is 398 g/mol. The first-order chi connectivity index (χ1) is 15.7. The Morgan fingerprint density at radius 1 is 0.969 bits per heavy atom. The number of nitrogens with zero attached hydrogens (tertiary/aromatic N) is 2. The van der Waals surface area contributed by atoms with E-state index in [2.05, 4.69) is 81.3 Å². The first-order valence-electron chi connectivity index (χ1n) is 10.5. The van der Waals surface area contributed by atoms with Gasteiger partial charge in [-0.3, -0.25) is 4.79 Å². The number of amides is 1. The van der Waals surface area contributed by atoms with Crippen molar-refractivity contribution in [2.45, 2.75) is 12.6 Å². The van der Waals surface area contributed by atoms with Gasteiger partial charge in [0.2, 0.25) is 0 Å². The second-order valence-corrected chi connectivity index (χ2v) is 7.76. The minimum Gasteiger partial charge on any atom is -0.382 e. The highest BCUT2D eigenvalue weighted by Crippen LogP contribution is 2.43. The van der Waals surface area contributed by atoms with Crippen LogP contribution in [0.4, 0.5) is 5.82 Å². The Morgan fingerprint density at radius 2 is 1.66 bits per heavy atom. The molecule has 0 bridgehead atoms. The number of nitrogens with one attached hydrogen (secondary N) is 2. The molecule has 6 nitrogen and oxygen atoms in total. The van der Waals surface area contributed by atoms with Crippen molar-refractivity contribution in [3.05, 3.63) is 101 Å². The van der Waals surface area contributed by atoms with Crippen LogP contribution in [0.25, 0.3) is 22.4 Å². The number of nitrogen functional groups attached to an aromatic ring is 1. The maximum absolute atomic E-state index is 12.0. The number of carbonyl (C=O) groups is 1. The van der Waals surface area contributed by atoms with Crippen molar-refractivity contribution in [1.82, 2.24) is 20.6 Å². The maximum Gasteiger partial charge on any atom is 0.273 e. The van der Waals surface area contributed by atoms with Crippen LogP contribution in [0.15, 0.2) is 79.0 Å². The fraction of sp³-hybridized carbons (Fsp3) is 0.115. The van der Waals surface area contributed by atoms with E-state index in [1.807, 2.05) is 12.1 Å². The minimum absolute atomic E-state index is 0.115. The van der Waals surface area contributed by atoms with Crippen molar-refractivity contribution in [2.75, 3.05) is 12.8 Å². The highest BCUT2D eigenvalue weighted by atomic mass is 16.1. The highest BCUT2D eigenvalue weighted by Gasteiger charge is 2.27. The molecule has 5 rings (SSSR count). The molecule has 0 unspecified atom stereocenters. The fourth-order valence-electron chi connectivity index (χ4n) is 4.26. The molecule has 4 aromatic rings. The summed E-state index contributed by atoms with van der Waals surface area (Å²) in [5, 5.41) is 6.27. The van der Waals surface area contributed by atoms with E-state index in [0.29, 0.717) is 12.2 Å². The number of anilines is 1. The lowest BCUT2D eigenvalue weighted by molar-refractivity contribution is 0.0959. The number of hydrogen-bond acceptors (Lipinski definition) is 5. The zero-order valence-electron chi connectivity index (χ0n) is 17.7. The Hall–Kier alpha value is -4.03. The third kappa shape index (κ3) is 3.50. The molecule has 0 saturated heterocycles. The Morgan fingerprint density at radius 3 is 2.34 bits per heavy atom. The summed E-state index contributed by atoms with van der Waals surface area (Å²) < 4.78 is 0. The largest absolute Gasteiger partial charge is 0.382 e. The van der Waals surface area contributed by atoms with Gasteiger partial charge in [0.1, 0.15) is 0 Å². The van der Waals surface area contributed by atoms with E-state index in [9.17, 15) is 4.79 Å². The quantitative estimate of drug-likeness (QED) is 0.454. The van der Waals surface area contributed by atoms with Crippen molar-refractivity contribution in [2.24, 2.45) is 0 Å². The van der Waals surface area contributed by atoms with Gasteiger partial charge < -0.3 is 16.4 Å². The van der Waals surface area contributed by atoms with Crippen molar-refractivity contribution in [3.63, 3.8) is 0 Å². The molecule has 0 fully saturated rings. The molecule has 0 atom stereocenters. The average molecular weight is 422 g/mol. The van der Waals surface area contributed by atoms with E-state index in [1.54, 1.807) is 13.2 Å². The van der Waals surface area contributed by atoms with E-state index in [1.165, 1.54) is 22.3 Å². The zero-order chi connectivity index (χ0) is 22.1. The molecule has 0 saturated carbocycles. The number of carbonyl (C=O) groups excluding carboxylic acids is 1. The van der Waals surface area contributed by atoms with Crippen LogP contribution in [0.5, 0.6) is 0 Å². The zero-order valence-corrected chi connectivity index (χ0v) is 17.7. The lowest BCUT2D eigenvalue weighted by atomic mass is 10.0. The Balaban J connectivity index is 1.41. The van der Waals surface area contributed by atoms with E-state index in [0.717, 1.165) is 11.1 Å². The summed E-state index contributed by atoms with van der Waals surface area (Å²) >= 11 is 0. The van der Waals surface area contributed by atoms with Crippen molar-refractivity contribution in [3.8, 4) is 22.4 Å².